The van der Waals surface area contributed by atoms with Gasteiger partial charge in [-0.3, -0.25) is 14.6 Å². The fraction of sp³-hybridized carbons (Fsp3) is 0.432. The minimum atomic E-state index is -5.19. The van der Waals surface area contributed by atoms with Gasteiger partial charge in [-0.2, -0.15) is 26.3 Å². The van der Waals surface area contributed by atoms with E-state index in [2.05, 4.69) is 59.7 Å². The molecular weight excluding hydrogens is 727 g/mol. The van der Waals surface area contributed by atoms with Crippen LogP contribution in [0.4, 0.5) is 30.7 Å². The van der Waals surface area contributed by atoms with Gasteiger partial charge < -0.3 is 30.1 Å². The highest BCUT2D eigenvalue weighted by atomic mass is 19.4. The Morgan fingerprint density at radius 2 is 1.43 bits per heavy atom. The number of nitrogens with zero attached hydrogens (tertiary/aromatic N) is 3. The number of carbonyl (C=O) groups is 3. The maximum absolute atomic E-state index is 14.9. The van der Waals surface area contributed by atoms with Crippen molar-refractivity contribution in [3.05, 3.63) is 94.8 Å². The predicted octanol–water partition coefficient (Wildman–Crippen LogP) is 4.04. The van der Waals surface area contributed by atoms with Crippen molar-refractivity contribution in [3.8, 4) is 11.1 Å². The van der Waals surface area contributed by atoms with Crippen molar-refractivity contribution in [3.63, 3.8) is 0 Å². The fourth-order valence-electron chi connectivity index (χ4n) is 5.71. The highest BCUT2D eigenvalue weighted by Gasteiger charge is 2.38. The number of nitrogens with one attached hydrogen (secondary N) is 2. The van der Waals surface area contributed by atoms with Crippen LogP contribution in [-0.2, 0) is 29.2 Å². The van der Waals surface area contributed by atoms with Gasteiger partial charge in [0.15, 0.2) is 0 Å². The number of amides is 1. The Morgan fingerprint density at radius 1 is 0.852 bits per heavy atom. The van der Waals surface area contributed by atoms with E-state index in [9.17, 15) is 35.5 Å². The average molecular weight is 772 g/mol. The van der Waals surface area contributed by atoms with E-state index in [1.54, 1.807) is 6.07 Å². The molecule has 1 amide bonds. The highest BCUT2D eigenvalue weighted by Crippen LogP contribution is 2.26. The first kappa shape index (κ1) is 43.8. The average Bonchev–Trinajstić information content (AvgIpc) is 3.09. The Morgan fingerprint density at radius 3 is 2.00 bits per heavy atom. The van der Waals surface area contributed by atoms with Crippen molar-refractivity contribution in [2.75, 3.05) is 59.9 Å². The van der Waals surface area contributed by atoms with Crippen LogP contribution in [0.15, 0.2) is 66.7 Å². The van der Waals surface area contributed by atoms with Crippen LogP contribution in [0.2, 0.25) is 0 Å². The van der Waals surface area contributed by atoms with E-state index >= 15 is 0 Å². The van der Waals surface area contributed by atoms with Crippen molar-refractivity contribution in [2.45, 2.75) is 45.0 Å². The van der Waals surface area contributed by atoms with Crippen LogP contribution in [-0.4, -0.2) is 116 Å². The summed E-state index contributed by atoms with van der Waals surface area (Å²) in [5.41, 5.74) is 5.28. The molecular formula is C37H44F7N5O5. The van der Waals surface area contributed by atoms with Gasteiger partial charge in [-0.05, 0) is 59.5 Å². The molecule has 2 aliphatic heterocycles. The molecule has 296 valence electrons. The summed E-state index contributed by atoms with van der Waals surface area (Å²) in [4.78, 5) is 35.6. The summed E-state index contributed by atoms with van der Waals surface area (Å²) in [6, 6.07) is 21.6. The number of benzene rings is 3. The normalized spacial score (nSPS) is 17.6. The van der Waals surface area contributed by atoms with E-state index in [0.29, 0.717) is 23.7 Å². The molecule has 3 N–H and O–H groups in total. The topological polar surface area (TPSA) is 125 Å². The lowest BCUT2D eigenvalue weighted by atomic mass is 10.00. The number of carboxylic acid groups (broad SMARTS) is 2. The zero-order valence-corrected chi connectivity index (χ0v) is 30.1. The summed E-state index contributed by atoms with van der Waals surface area (Å²) in [5.74, 6) is -6.13. The molecule has 2 aliphatic rings. The highest BCUT2D eigenvalue weighted by molar-refractivity contribution is 5.94. The Hall–Kier alpha value is -4.58. The molecule has 3 aromatic rings. The van der Waals surface area contributed by atoms with Crippen LogP contribution in [0.5, 0.6) is 0 Å². The Bertz CT molecular complexity index is 1700. The molecule has 2 heterocycles. The van der Waals surface area contributed by atoms with E-state index in [4.69, 9.17) is 19.8 Å². The fourth-order valence-corrected chi connectivity index (χ4v) is 5.71. The van der Waals surface area contributed by atoms with Crippen LogP contribution in [0.1, 0.15) is 34.0 Å². The van der Waals surface area contributed by atoms with Crippen molar-refractivity contribution >= 4 is 17.8 Å². The molecule has 0 aromatic heterocycles. The summed E-state index contributed by atoms with van der Waals surface area (Å²) >= 11 is 0. The number of likely N-dealkylation sites (N-methyl/N-ethyl adjacent to an activating group) is 1. The van der Waals surface area contributed by atoms with Gasteiger partial charge in [0.25, 0.3) is 5.91 Å². The molecule has 1 atom stereocenters. The summed E-state index contributed by atoms with van der Waals surface area (Å²) in [6.07, 6.45) is -10.3. The molecule has 0 bridgehead atoms. The molecule has 17 heteroatoms. The molecule has 0 unspecified atom stereocenters. The first-order chi connectivity index (χ1) is 25.1. The smallest absolute Gasteiger partial charge is 0.490 e. The third-order valence-corrected chi connectivity index (χ3v) is 8.69. The van der Waals surface area contributed by atoms with Gasteiger partial charge in [0, 0.05) is 69.5 Å². The van der Waals surface area contributed by atoms with Crippen LogP contribution in [0.25, 0.3) is 11.1 Å². The first-order valence-electron chi connectivity index (χ1n) is 17.0. The first-order valence-corrected chi connectivity index (χ1v) is 17.0. The largest absolute Gasteiger partial charge is 0.542 e. The maximum atomic E-state index is 14.9. The van der Waals surface area contributed by atoms with E-state index in [1.165, 1.54) is 11.6 Å². The van der Waals surface area contributed by atoms with Crippen LogP contribution in [0, 0.1) is 5.82 Å². The molecule has 0 aliphatic carbocycles. The Labute approximate surface area is 308 Å². The molecule has 5 rings (SSSR count). The zero-order valence-electron chi connectivity index (χ0n) is 30.1. The molecule has 54 heavy (non-hydrogen) atoms. The van der Waals surface area contributed by atoms with Gasteiger partial charge in [-0.1, -0.05) is 36.4 Å². The zero-order chi connectivity index (χ0) is 40.3. The quantitative estimate of drug-likeness (QED) is 0.232. The van der Waals surface area contributed by atoms with Gasteiger partial charge in [0.05, 0.1) is 27.2 Å². The second-order valence-electron chi connectivity index (χ2n) is 13.7. The number of quaternary nitrogens is 1. The van der Waals surface area contributed by atoms with Crippen molar-refractivity contribution in [1.29, 1.82) is 0 Å². The number of alkyl halides is 6. The monoisotopic (exact) mass is 771 g/mol. The number of piperazine rings is 2. The molecule has 3 aromatic carbocycles. The second-order valence-corrected chi connectivity index (χ2v) is 13.7. The number of carbonyl (C=O) groups excluding carboxylic acids is 2. The van der Waals surface area contributed by atoms with Gasteiger partial charge in [-0.25, -0.2) is 9.18 Å². The van der Waals surface area contributed by atoms with Gasteiger partial charge >= 0.3 is 18.3 Å². The van der Waals surface area contributed by atoms with Crippen LogP contribution < -0.4 is 15.7 Å². The van der Waals surface area contributed by atoms with Gasteiger partial charge in [0.2, 0.25) is 0 Å². The molecule has 0 saturated carbocycles. The SMILES string of the molecule is C[C@H]1CN(Cc2cccc(-c3cc(CNC(=O)c4cccc(CN5CC[N+](C)(C)CC5)c4)ccc3F)c2)CCN1.O=C(O)C(F)(F)F.O=C([O-])C(F)(F)F. The lowest BCUT2D eigenvalue weighted by molar-refractivity contribution is -0.894. The standard InChI is InChI=1S/C33H42FN5O.2C2HF3O2/c1-25-22-38(13-12-35-25)24-27-6-4-8-29(18-27)31-20-26(10-11-32(31)34)21-36-33(40)30-9-5-7-28(19-30)23-37-14-16-39(2,3)17-15-37;2*3-2(4,5)1(6)7/h4-11,18-20,25,35H,12-17,21-24H2,1-3H3;2*(H,6,7)/t25-;;/m0../s1. The van der Waals surface area contributed by atoms with Gasteiger partial charge in [-0.15, -0.1) is 0 Å². The van der Waals surface area contributed by atoms with Crippen LogP contribution >= 0.6 is 0 Å². The maximum Gasteiger partial charge on any atom is 0.490 e. The van der Waals surface area contributed by atoms with E-state index in [-0.39, 0.29) is 11.7 Å². The number of aliphatic carboxylic acids is 2. The third kappa shape index (κ3) is 14.7. The molecule has 2 fully saturated rings. The minimum Gasteiger partial charge on any atom is -0.542 e. The molecule has 0 radical (unpaired) electrons. The third-order valence-electron chi connectivity index (χ3n) is 8.69. The Kier molecular flexibility index (Phi) is 15.5. The Balaban J connectivity index is 0.000000476. The summed E-state index contributed by atoms with van der Waals surface area (Å²) < 4.78 is 79.3. The van der Waals surface area contributed by atoms with Crippen LogP contribution in [0.3, 0.4) is 0 Å². The lowest BCUT2D eigenvalue weighted by Crippen LogP contribution is -2.54. The minimum absolute atomic E-state index is 0.114. The summed E-state index contributed by atoms with van der Waals surface area (Å²) in [5, 5.41) is 22.4. The van der Waals surface area contributed by atoms with Crippen molar-refractivity contribution < 1.29 is 59.8 Å². The van der Waals surface area contributed by atoms with Crippen molar-refractivity contribution in [1.82, 2.24) is 20.4 Å². The molecule has 10 nitrogen and oxygen atoms in total. The molecule has 0 spiro atoms. The lowest BCUT2D eigenvalue weighted by Gasteiger charge is -2.39. The van der Waals surface area contributed by atoms with E-state index < -0.39 is 24.3 Å². The number of carboxylic acids is 2. The number of hydrogen-bond donors (Lipinski definition) is 3. The number of halogens is 7. The van der Waals surface area contributed by atoms with Crippen molar-refractivity contribution in [2.24, 2.45) is 0 Å². The van der Waals surface area contributed by atoms with E-state index in [1.807, 2.05) is 36.4 Å². The second kappa shape index (κ2) is 19.1. The number of rotatable bonds is 8. The summed E-state index contributed by atoms with van der Waals surface area (Å²) in [7, 11) is 4.55. The number of hydrogen-bond acceptors (Lipinski definition) is 7. The predicted molar refractivity (Wildman–Crippen MR) is 184 cm³/mol. The van der Waals surface area contributed by atoms with E-state index in [0.717, 1.165) is 80.1 Å². The van der Waals surface area contributed by atoms with Gasteiger partial charge in [0.1, 0.15) is 11.8 Å². The molecule has 2 saturated heterocycles. The summed E-state index contributed by atoms with van der Waals surface area (Å²) in [6.45, 7) is 11.7.